The predicted octanol–water partition coefficient (Wildman–Crippen LogP) is 2.79. The summed E-state index contributed by atoms with van der Waals surface area (Å²) in [4.78, 5) is 30.4. The van der Waals surface area contributed by atoms with Gasteiger partial charge in [-0.2, -0.15) is 0 Å². The van der Waals surface area contributed by atoms with Crippen LogP contribution in [0.4, 0.5) is 5.69 Å². The molecule has 0 bridgehead atoms. The zero-order chi connectivity index (χ0) is 20.6. The second-order valence-electron chi connectivity index (χ2n) is 8.02. The van der Waals surface area contributed by atoms with Gasteiger partial charge in [0.2, 0.25) is 11.8 Å². The van der Waals surface area contributed by atoms with Gasteiger partial charge in [-0.3, -0.25) is 9.59 Å². The molecule has 0 radical (unpaired) electrons. The smallest absolute Gasteiger partial charge is 0.239 e. The molecule has 2 amide bonds. The normalized spacial score (nSPS) is 14.8. The van der Waals surface area contributed by atoms with Crippen molar-refractivity contribution in [2.75, 3.05) is 24.5 Å². The number of anilines is 1. The van der Waals surface area contributed by atoms with Crippen molar-refractivity contribution in [3.05, 3.63) is 29.8 Å². The lowest BCUT2D eigenvalue weighted by Gasteiger charge is -2.26. The molecule has 1 saturated heterocycles. The minimum atomic E-state index is -0.258. The monoisotopic (exact) mass is 515 g/mol. The number of amides is 2. The van der Waals surface area contributed by atoms with Gasteiger partial charge < -0.3 is 20.9 Å². The minimum Gasteiger partial charge on any atom is -0.357 e. The maximum Gasteiger partial charge on any atom is 0.239 e. The molecule has 1 aromatic rings. The fourth-order valence-corrected chi connectivity index (χ4v) is 3.00. The molecular weight excluding hydrogens is 481 g/mol. The van der Waals surface area contributed by atoms with Gasteiger partial charge in [0, 0.05) is 30.7 Å². The highest BCUT2D eigenvalue weighted by atomic mass is 127. The lowest BCUT2D eigenvalue weighted by Crippen LogP contribution is -2.48. The Morgan fingerprint density at radius 2 is 1.83 bits per heavy atom. The molecule has 1 aromatic carbocycles. The SMILES string of the molecule is CCNC(=NCc1ccc(N2CCCCC2=O)cc1)NCC(=O)NC(C)(C)C.I. The third-order valence-electron chi connectivity index (χ3n) is 4.27. The summed E-state index contributed by atoms with van der Waals surface area (Å²) in [6.07, 6.45) is 2.67. The van der Waals surface area contributed by atoms with Crippen LogP contribution < -0.4 is 20.9 Å². The molecule has 2 rings (SSSR count). The van der Waals surface area contributed by atoms with E-state index in [0.717, 1.165) is 30.6 Å². The van der Waals surface area contributed by atoms with Crippen LogP contribution in [-0.4, -0.2) is 42.9 Å². The van der Waals surface area contributed by atoms with E-state index in [9.17, 15) is 9.59 Å². The van der Waals surface area contributed by atoms with Crippen molar-refractivity contribution in [2.24, 2.45) is 4.99 Å². The number of aliphatic imine (C=N–C) groups is 1. The molecule has 1 fully saturated rings. The van der Waals surface area contributed by atoms with Crippen LogP contribution >= 0.6 is 24.0 Å². The molecule has 0 aromatic heterocycles. The Morgan fingerprint density at radius 1 is 1.14 bits per heavy atom. The highest BCUT2D eigenvalue weighted by Gasteiger charge is 2.19. The molecule has 3 N–H and O–H groups in total. The molecule has 1 aliphatic rings. The minimum absolute atomic E-state index is 0. The first-order valence-electron chi connectivity index (χ1n) is 10.0. The fourth-order valence-electron chi connectivity index (χ4n) is 3.00. The van der Waals surface area contributed by atoms with Crippen LogP contribution in [0.1, 0.15) is 52.5 Å². The van der Waals surface area contributed by atoms with Crippen LogP contribution in [-0.2, 0) is 16.1 Å². The highest BCUT2D eigenvalue weighted by Crippen LogP contribution is 2.21. The summed E-state index contributed by atoms with van der Waals surface area (Å²) in [7, 11) is 0. The van der Waals surface area contributed by atoms with E-state index in [2.05, 4.69) is 20.9 Å². The number of halogens is 1. The fraction of sp³-hybridized carbons (Fsp3) is 0.571. The van der Waals surface area contributed by atoms with E-state index < -0.39 is 0 Å². The van der Waals surface area contributed by atoms with Crippen LogP contribution in [0.5, 0.6) is 0 Å². The summed E-state index contributed by atoms with van der Waals surface area (Å²) in [6.45, 7) is 9.99. The molecular formula is C21H34IN5O2. The first-order valence-corrected chi connectivity index (χ1v) is 10.0. The number of benzene rings is 1. The van der Waals surface area contributed by atoms with E-state index >= 15 is 0 Å². The van der Waals surface area contributed by atoms with Crippen molar-refractivity contribution in [3.8, 4) is 0 Å². The number of guanidine groups is 1. The largest absolute Gasteiger partial charge is 0.357 e. The standard InChI is InChI=1S/C21H33N5O2.HI/c1-5-22-20(24-15-18(27)25-21(2,3)4)23-14-16-9-11-17(12-10-16)26-13-7-6-8-19(26)28;/h9-12H,5-8,13-15H2,1-4H3,(H,25,27)(H2,22,23,24);1H. The number of carbonyl (C=O) groups is 2. The lowest BCUT2D eigenvalue weighted by molar-refractivity contribution is -0.121. The second kappa shape index (κ2) is 12.0. The van der Waals surface area contributed by atoms with Gasteiger partial charge in [-0.1, -0.05) is 12.1 Å². The van der Waals surface area contributed by atoms with E-state index in [0.29, 0.717) is 25.5 Å². The Labute approximate surface area is 191 Å². The zero-order valence-electron chi connectivity index (χ0n) is 17.9. The quantitative estimate of drug-likeness (QED) is 0.309. The number of nitrogens with zero attached hydrogens (tertiary/aromatic N) is 2. The van der Waals surface area contributed by atoms with Gasteiger partial charge in [0.15, 0.2) is 5.96 Å². The number of hydrogen-bond acceptors (Lipinski definition) is 3. The Balaban J connectivity index is 0.00000420. The Hall–Kier alpha value is -1.84. The molecule has 162 valence electrons. The summed E-state index contributed by atoms with van der Waals surface area (Å²) in [5, 5.41) is 9.12. The van der Waals surface area contributed by atoms with Gasteiger partial charge in [-0.25, -0.2) is 4.99 Å². The first kappa shape index (κ1) is 25.2. The van der Waals surface area contributed by atoms with E-state index in [1.54, 1.807) is 0 Å². The van der Waals surface area contributed by atoms with Crippen LogP contribution in [0, 0.1) is 0 Å². The molecule has 29 heavy (non-hydrogen) atoms. The maximum atomic E-state index is 12.0. The molecule has 1 aliphatic heterocycles. The van der Waals surface area contributed by atoms with Gasteiger partial charge in [0.25, 0.3) is 0 Å². The van der Waals surface area contributed by atoms with Crippen molar-refractivity contribution in [2.45, 2.75) is 59.0 Å². The van der Waals surface area contributed by atoms with Gasteiger partial charge in [0.1, 0.15) is 0 Å². The second-order valence-corrected chi connectivity index (χ2v) is 8.02. The molecule has 7 nitrogen and oxygen atoms in total. The van der Waals surface area contributed by atoms with Crippen LogP contribution in [0.3, 0.4) is 0 Å². The van der Waals surface area contributed by atoms with E-state index in [1.807, 2.05) is 56.9 Å². The van der Waals surface area contributed by atoms with Gasteiger partial charge in [-0.05, 0) is 58.2 Å². The maximum absolute atomic E-state index is 12.0. The topological polar surface area (TPSA) is 85.8 Å². The van der Waals surface area contributed by atoms with Crippen molar-refractivity contribution in [3.63, 3.8) is 0 Å². The van der Waals surface area contributed by atoms with Gasteiger partial charge in [0.05, 0.1) is 13.1 Å². The van der Waals surface area contributed by atoms with E-state index in [4.69, 9.17) is 0 Å². The van der Waals surface area contributed by atoms with Gasteiger partial charge in [-0.15, -0.1) is 24.0 Å². The lowest BCUT2D eigenvalue weighted by atomic mass is 10.1. The molecule has 0 atom stereocenters. The van der Waals surface area contributed by atoms with Crippen LogP contribution in [0.2, 0.25) is 0 Å². The molecule has 8 heteroatoms. The first-order chi connectivity index (χ1) is 13.3. The summed E-state index contributed by atoms with van der Waals surface area (Å²) >= 11 is 0. The van der Waals surface area contributed by atoms with Gasteiger partial charge >= 0.3 is 0 Å². The Morgan fingerprint density at radius 3 is 2.41 bits per heavy atom. The Kier molecular flexibility index (Phi) is 10.4. The van der Waals surface area contributed by atoms with Crippen LogP contribution in [0.25, 0.3) is 0 Å². The summed E-state index contributed by atoms with van der Waals surface area (Å²) < 4.78 is 0. The van der Waals surface area contributed by atoms with Crippen molar-refractivity contribution in [1.29, 1.82) is 0 Å². The summed E-state index contributed by atoms with van der Waals surface area (Å²) in [6, 6.07) is 7.95. The number of hydrogen-bond donors (Lipinski definition) is 3. The molecule has 0 aliphatic carbocycles. The van der Waals surface area contributed by atoms with E-state index in [-0.39, 0.29) is 47.9 Å². The number of carbonyl (C=O) groups excluding carboxylic acids is 2. The van der Waals surface area contributed by atoms with Crippen molar-refractivity contribution in [1.82, 2.24) is 16.0 Å². The van der Waals surface area contributed by atoms with Crippen LogP contribution in [0.15, 0.2) is 29.3 Å². The third kappa shape index (κ3) is 9.01. The summed E-state index contributed by atoms with van der Waals surface area (Å²) in [5.41, 5.74) is 1.73. The number of rotatable bonds is 6. The van der Waals surface area contributed by atoms with E-state index in [1.165, 1.54) is 0 Å². The molecule has 0 saturated carbocycles. The number of nitrogens with one attached hydrogen (secondary N) is 3. The highest BCUT2D eigenvalue weighted by molar-refractivity contribution is 14.0. The molecule has 1 heterocycles. The molecule has 0 unspecified atom stereocenters. The molecule has 0 spiro atoms. The van der Waals surface area contributed by atoms with Crippen molar-refractivity contribution < 1.29 is 9.59 Å². The average Bonchev–Trinajstić information content (AvgIpc) is 2.63. The van der Waals surface area contributed by atoms with Crippen molar-refractivity contribution >= 4 is 47.4 Å². The number of piperidine rings is 1. The Bertz CT molecular complexity index is 698. The third-order valence-corrected chi connectivity index (χ3v) is 4.27. The predicted molar refractivity (Wildman–Crippen MR) is 129 cm³/mol. The zero-order valence-corrected chi connectivity index (χ0v) is 20.2. The average molecular weight is 515 g/mol. The summed E-state index contributed by atoms with van der Waals surface area (Å²) in [5.74, 6) is 0.722.